The standard InChI is InChI=1S/C30H40N4O4/c31-28(37)25-6-7-26(35)34(25)30(29(38)32-18-19-4-2-1-3-5-19)8-10-33(11-9-30)27(36)17-24-22-13-20-12-21(15-22)16-23(24)14-20/h1-5,20-25H,6-18H2,(H2,31,37)(H,32,38)/t20?,21?,22?,23?,24?,25-/m0/s1. The topological polar surface area (TPSA) is 113 Å². The third kappa shape index (κ3) is 4.50. The summed E-state index contributed by atoms with van der Waals surface area (Å²) in [5.41, 5.74) is 5.47. The maximum atomic E-state index is 13.8. The summed E-state index contributed by atoms with van der Waals surface area (Å²) in [5.74, 6) is 2.77. The van der Waals surface area contributed by atoms with Gasteiger partial charge in [-0.2, -0.15) is 0 Å². The Morgan fingerprint density at radius 3 is 2.18 bits per heavy atom. The highest BCUT2D eigenvalue weighted by atomic mass is 16.2. The molecule has 6 aliphatic rings. The number of benzene rings is 1. The molecule has 0 aromatic heterocycles. The number of likely N-dealkylation sites (tertiary alicyclic amines) is 2. The molecular weight excluding hydrogens is 480 g/mol. The molecule has 8 heteroatoms. The molecule has 4 bridgehead atoms. The number of piperidine rings is 1. The Labute approximate surface area is 224 Å². The van der Waals surface area contributed by atoms with Crippen molar-refractivity contribution in [3.63, 3.8) is 0 Å². The molecule has 4 amide bonds. The second kappa shape index (κ2) is 10.0. The zero-order valence-electron chi connectivity index (χ0n) is 22.1. The molecule has 2 heterocycles. The van der Waals surface area contributed by atoms with Crippen LogP contribution in [0.25, 0.3) is 0 Å². The normalized spacial score (nSPS) is 33.4. The van der Waals surface area contributed by atoms with Crippen molar-refractivity contribution in [3.8, 4) is 0 Å². The predicted molar refractivity (Wildman–Crippen MR) is 141 cm³/mol. The van der Waals surface area contributed by atoms with Gasteiger partial charge in [-0.15, -0.1) is 0 Å². The molecule has 8 nitrogen and oxygen atoms in total. The molecule has 4 aliphatic carbocycles. The number of carbonyl (C=O) groups is 4. The first-order chi connectivity index (χ1) is 18.3. The van der Waals surface area contributed by atoms with Gasteiger partial charge in [0.2, 0.25) is 23.6 Å². The Morgan fingerprint density at radius 1 is 0.947 bits per heavy atom. The third-order valence-electron chi connectivity index (χ3n) is 10.5. The number of amides is 4. The van der Waals surface area contributed by atoms with Crippen LogP contribution in [0.15, 0.2) is 30.3 Å². The minimum atomic E-state index is -1.18. The Hall–Kier alpha value is -2.90. The minimum Gasteiger partial charge on any atom is -0.368 e. The molecule has 4 saturated carbocycles. The largest absolute Gasteiger partial charge is 0.368 e. The van der Waals surface area contributed by atoms with Gasteiger partial charge in [0.25, 0.3) is 0 Å². The Balaban J connectivity index is 1.16. The minimum absolute atomic E-state index is 0.181. The van der Waals surface area contributed by atoms with Crippen LogP contribution >= 0.6 is 0 Å². The van der Waals surface area contributed by atoms with E-state index in [2.05, 4.69) is 5.32 Å². The maximum Gasteiger partial charge on any atom is 0.246 e. The summed E-state index contributed by atoms with van der Waals surface area (Å²) in [4.78, 5) is 56.0. The Kier molecular flexibility index (Phi) is 6.68. The van der Waals surface area contributed by atoms with Crippen molar-refractivity contribution in [1.29, 1.82) is 0 Å². The molecule has 1 aromatic carbocycles. The van der Waals surface area contributed by atoms with Gasteiger partial charge in [0.15, 0.2) is 0 Å². The summed E-state index contributed by atoms with van der Waals surface area (Å²) < 4.78 is 0. The van der Waals surface area contributed by atoms with Crippen molar-refractivity contribution in [2.75, 3.05) is 13.1 Å². The highest BCUT2D eigenvalue weighted by Gasteiger charge is 2.55. The number of nitrogens with two attached hydrogens (primary N) is 1. The molecule has 38 heavy (non-hydrogen) atoms. The molecule has 7 rings (SSSR count). The molecule has 0 unspecified atom stereocenters. The lowest BCUT2D eigenvalue weighted by molar-refractivity contribution is -0.156. The summed E-state index contributed by atoms with van der Waals surface area (Å²) >= 11 is 0. The van der Waals surface area contributed by atoms with Crippen LogP contribution in [0.5, 0.6) is 0 Å². The van der Waals surface area contributed by atoms with E-state index in [-0.39, 0.29) is 24.1 Å². The van der Waals surface area contributed by atoms with E-state index < -0.39 is 17.5 Å². The molecule has 0 spiro atoms. The van der Waals surface area contributed by atoms with Crippen LogP contribution < -0.4 is 11.1 Å². The SMILES string of the molecule is NC(=O)[C@@H]1CCC(=O)N1C1(C(=O)NCc2ccccc2)CCN(C(=O)CC2C3CC4CC(C3)CC2C4)CC1. The fourth-order valence-corrected chi connectivity index (χ4v) is 8.84. The van der Waals surface area contributed by atoms with Crippen LogP contribution in [0.3, 0.4) is 0 Å². The van der Waals surface area contributed by atoms with E-state index in [0.717, 1.165) is 17.4 Å². The lowest BCUT2D eigenvalue weighted by atomic mass is 9.51. The summed E-state index contributed by atoms with van der Waals surface area (Å²) in [7, 11) is 0. The number of nitrogens with zero attached hydrogens (tertiary/aromatic N) is 2. The number of carbonyl (C=O) groups excluding carboxylic acids is 4. The van der Waals surface area contributed by atoms with Gasteiger partial charge >= 0.3 is 0 Å². The van der Waals surface area contributed by atoms with E-state index in [1.807, 2.05) is 35.2 Å². The van der Waals surface area contributed by atoms with Gasteiger partial charge in [-0.3, -0.25) is 19.2 Å². The molecule has 0 radical (unpaired) electrons. The quantitative estimate of drug-likeness (QED) is 0.575. The van der Waals surface area contributed by atoms with E-state index in [1.54, 1.807) is 0 Å². The molecule has 204 valence electrons. The molecule has 2 saturated heterocycles. The van der Waals surface area contributed by atoms with Crippen molar-refractivity contribution in [3.05, 3.63) is 35.9 Å². The highest BCUT2D eigenvalue weighted by molar-refractivity contribution is 5.97. The lowest BCUT2D eigenvalue weighted by Crippen LogP contribution is -2.67. The van der Waals surface area contributed by atoms with Gasteiger partial charge < -0.3 is 20.9 Å². The molecule has 3 N–H and O–H groups in total. The first-order valence-electron chi connectivity index (χ1n) is 14.6. The Morgan fingerprint density at radius 2 is 1.58 bits per heavy atom. The van der Waals surface area contributed by atoms with Crippen molar-refractivity contribution >= 4 is 23.6 Å². The number of rotatable bonds is 7. The number of primary amides is 1. The second-order valence-electron chi connectivity index (χ2n) is 12.6. The van der Waals surface area contributed by atoms with Crippen LogP contribution in [0.4, 0.5) is 0 Å². The van der Waals surface area contributed by atoms with Gasteiger partial charge in [-0.25, -0.2) is 0 Å². The van der Waals surface area contributed by atoms with Crippen molar-refractivity contribution in [1.82, 2.24) is 15.1 Å². The van der Waals surface area contributed by atoms with E-state index in [0.29, 0.717) is 63.1 Å². The average Bonchev–Trinajstić information content (AvgIpc) is 3.31. The fraction of sp³-hybridized carbons (Fsp3) is 0.667. The molecule has 2 aliphatic heterocycles. The fourth-order valence-electron chi connectivity index (χ4n) is 8.84. The average molecular weight is 521 g/mol. The summed E-state index contributed by atoms with van der Waals surface area (Å²) in [5, 5.41) is 3.02. The summed E-state index contributed by atoms with van der Waals surface area (Å²) in [6, 6.07) is 8.83. The van der Waals surface area contributed by atoms with Crippen LogP contribution in [0, 0.1) is 29.6 Å². The smallest absolute Gasteiger partial charge is 0.246 e. The van der Waals surface area contributed by atoms with Gasteiger partial charge in [-0.1, -0.05) is 30.3 Å². The van der Waals surface area contributed by atoms with Gasteiger partial charge in [0, 0.05) is 32.5 Å². The molecule has 6 fully saturated rings. The maximum absolute atomic E-state index is 13.8. The van der Waals surface area contributed by atoms with Crippen LogP contribution in [0.2, 0.25) is 0 Å². The first-order valence-corrected chi connectivity index (χ1v) is 14.6. The second-order valence-corrected chi connectivity index (χ2v) is 12.6. The monoisotopic (exact) mass is 520 g/mol. The van der Waals surface area contributed by atoms with Crippen LogP contribution in [0.1, 0.15) is 69.8 Å². The molecule has 1 atom stereocenters. The lowest BCUT2D eigenvalue weighted by Gasteiger charge is -2.54. The first kappa shape index (κ1) is 25.4. The van der Waals surface area contributed by atoms with E-state index in [9.17, 15) is 19.2 Å². The number of hydrogen-bond donors (Lipinski definition) is 2. The van der Waals surface area contributed by atoms with Crippen LogP contribution in [-0.4, -0.2) is 58.1 Å². The number of nitrogens with one attached hydrogen (secondary N) is 1. The summed E-state index contributed by atoms with van der Waals surface area (Å²) in [6.07, 6.45) is 8.34. The van der Waals surface area contributed by atoms with Crippen molar-refractivity contribution in [2.45, 2.75) is 82.3 Å². The van der Waals surface area contributed by atoms with Gasteiger partial charge in [0.1, 0.15) is 11.6 Å². The predicted octanol–water partition coefficient (Wildman–Crippen LogP) is 2.60. The Bertz CT molecular complexity index is 1070. The van der Waals surface area contributed by atoms with Crippen LogP contribution in [-0.2, 0) is 25.7 Å². The van der Waals surface area contributed by atoms with Gasteiger partial charge in [0.05, 0.1) is 0 Å². The highest BCUT2D eigenvalue weighted by Crippen LogP contribution is 2.57. The van der Waals surface area contributed by atoms with Crippen molar-refractivity contribution < 1.29 is 19.2 Å². The number of hydrogen-bond acceptors (Lipinski definition) is 4. The third-order valence-corrected chi connectivity index (χ3v) is 10.5. The van der Waals surface area contributed by atoms with Gasteiger partial charge in [-0.05, 0) is 86.5 Å². The van der Waals surface area contributed by atoms with Crippen molar-refractivity contribution in [2.24, 2.45) is 35.3 Å². The van der Waals surface area contributed by atoms with E-state index >= 15 is 0 Å². The summed E-state index contributed by atoms with van der Waals surface area (Å²) in [6.45, 7) is 1.14. The van der Waals surface area contributed by atoms with E-state index in [1.165, 1.54) is 37.0 Å². The zero-order valence-corrected chi connectivity index (χ0v) is 22.1. The molecular formula is C30H40N4O4. The van der Waals surface area contributed by atoms with E-state index in [4.69, 9.17) is 5.73 Å². The zero-order chi connectivity index (χ0) is 26.4. The molecule has 1 aromatic rings.